The molecule has 2 atom stereocenters. The predicted octanol–water partition coefficient (Wildman–Crippen LogP) is 2.38. The van der Waals surface area contributed by atoms with Crippen LogP contribution in [0, 0.1) is 13.8 Å². The normalized spacial score (nSPS) is 25.1. The third-order valence-corrected chi connectivity index (χ3v) is 5.28. The van der Waals surface area contributed by atoms with Crippen LogP contribution < -0.4 is 0 Å². The molecule has 5 heteroatoms. The van der Waals surface area contributed by atoms with Crippen molar-refractivity contribution in [1.29, 1.82) is 0 Å². The van der Waals surface area contributed by atoms with Crippen molar-refractivity contribution in [2.45, 2.75) is 39.1 Å². The molecule has 128 valence electrons. The summed E-state index contributed by atoms with van der Waals surface area (Å²) in [6, 6.07) is 11.2. The minimum atomic E-state index is 0.308. The lowest BCUT2D eigenvalue weighted by atomic mass is 10.1. The van der Waals surface area contributed by atoms with Gasteiger partial charge >= 0.3 is 0 Å². The zero-order chi connectivity index (χ0) is 16.5. The summed E-state index contributed by atoms with van der Waals surface area (Å²) in [5.41, 5.74) is 3.61. The van der Waals surface area contributed by atoms with Crippen molar-refractivity contribution in [2.24, 2.45) is 0 Å². The first kappa shape index (κ1) is 15.8. The third kappa shape index (κ3) is 3.11. The summed E-state index contributed by atoms with van der Waals surface area (Å²) < 4.78 is 11.4. The first-order valence-corrected chi connectivity index (χ1v) is 8.74. The fourth-order valence-electron chi connectivity index (χ4n) is 3.93. The van der Waals surface area contributed by atoms with Gasteiger partial charge in [-0.2, -0.15) is 0 Å². The van der Waals surface area contributed by atoms with Crippen LogP contribution in [0.4, 0.5) is 0 Å². The van der Waals surface area contributed by atoms with Crippen LogP contribution in [-0.2, 0) is 17.8 Å². The number of hydrogen-bond donors (Lipinski definition) is 0. The van der Waals surface area contributed by atoms with Crippen LogP contribution >= 0.6 is 0 Å². The molecule has 2 aromatic rings. The molecule has 5 nitrogen and oxygen atoms in total. The summed E-state index contributed by atoms with van der Waals surface area (Å²) in [7, 11) is 0. The summed E-state index contributed by atoms with van der Waals surface area (Å²) in [5, 5.41) is 4.08. The molecule has 0 unspecified atom stereocenters. The van der Waals surface area contributed by atoms with Gasteiger partial charge in [0.2, 0.25) is 0 Å². The van der Waals surface area contributed by atoms with Crippen molar-refractivity contribution in [1.82, 2.24) is 15.0 Å². The van der Waals surface area contributed by atoms with Crippen molar-refractivity contribution in [2.75, 3.05) is 26.2 Å². The molecule has 2 aliphatic rings. The zero-order valence-electron chi connectivity index (χ0n) is 14.4. The van der Waals surface area contributed by atoms with Crippen LogP contribution in [0.3, 0.4) is 0 Å². The number of morpholine rings is 1. The van der Waals surface area contributed by atoms with E-state index in [1.807, 2.05) is 13.8 Å². The van der Waals surface area contributed by atoms with Crippen LogP contribution in [0.2, 0.25) is 0 Å². The van der Waals surface area contributed by atoms with E-state index < -0.39 is 0 Å². The second-order valence-corrected chi connectivity index (χ2v) is 6.93. The van der Waals surface area contributed by atoms with E-state index >= 15 is 0 Å². The van der Waals surface area contributed by atoms with E-state index in [2.05, 4.69) is 45.3 Å². The fraction of sp³-hybridized carbons (Fsp3) is 0.526. The topological polar surface area (TPSA) is 41.7 Å². The van der Waals surface area contributed by atoms with Gasteiger partial charge in [0.05, 0.1) is 24.4 Å². The minimum Gasteiger partial charge on any atom is -0.374 e. The lowest BCUT2D eigenvalue weighted by Gasteiger charge is -2.37. The summed E-state index contributed by atoms with van der Waals surface area (Å²) in [5.74, 6) is 0.935. The Balaban J connectivity index is 1.44. The molecule has 0 spiro atoms. The van der Waals surface area contributed by atoms with Gasteiger partial charge < -0.3 is 9.26 Å². The molecule has 4 rings (SSSR count). The molecule has 24 heavy (non-hydrogen) atoms. The van der Waals surface area contributed by atoms with Gasteiger partial charge in [-0.1, -0.05) is 35.5 Å². The first-order chi connectivity index (χ1) is 11.7. The van der Waals surface area contributed by atoms with Crippen molar-refractivity contribution in [3.8, 4) is 0 Å². The Morgan fingerprint density at radius 1 is 1.12 bits per heavy atom. The summed E-state index contributed by atoms with van der Waals surface area (Å²) in [6.45, 7) is 9.79. The summed E-state index contributed by atoms with van der Waals surface area (Å²) in [6.07, 6.45) is 0.308. The Kier molecular flexibility index (Phi) is 4.39. The molecule has 3 heterocycles. The highest BCUT2D eigenvalue weighted by atomic mass is 16.5. The molecule has 0 saturated carbocycles. The Labute approximate surface area is 143 Å². The number of rotatable bonds is 4. The minimum absolute atomic E-state index is 0.308. The number of ether oxygens (including phenoxy) is 1. The quantitative estimate of drug-likeness (QED) is 0.862. The average molecular weight is 327 g/mol. The number of aryl methyl sites for hydroxylation is 2. The van der Waals surface area contributed by atoms with Gasteiger partial charge in [0.15, 0.2) is 0 Å². The van der Waals surface area contributed by atoms with Crippen LogP contribution in [-0.4, -0.2) is 53.3 Å². The molecule has 2 saturated heterocycles. The number of fused-ring (bicyclic) bond motifs is 1. The number of likely N-dealkylation sites (tertiary alicyclic amines) is 1. The van der Waals surface area contributed by atoms with Crippen molar-refractivity contribution in [3.05, 3.63) is 52.9 Å². The summed E-state index contributed by atoms with van der Waals surface area (Å²) >= 11 is 0. The molecule has 0 radical (unpaired) electrons. The fourth-order valence-corrected chi connectivity index (χ4v) is 3.93. The monoisotopic (exact) mass is 327 g/mol. The molecule has 1 aromatic carbocycles. The lowest BCUT2D eigenvalue weighted by Crippen LogP contribution is -2.50. The second-order valence-electron chi connectivity index (χ2n) is 6.93. The SMILES string of the molecule is Cc1noc(C)c1CN1C[C@@H]2OCCN(Cc3ccccc3)[C@H]2C1. The third-order valence-electron chi connectivity index (χ3n) is 5.28. The molecular weight excluding hydrogens is 302 g/mol. The van der Waals surface area contributed by atoms with Crippen LogP contribution in [0.1, 0.15) is 22.6 Å². The van der Waals surface area contributed by atoms with Gasteiger partial charge in [0.1, 0.15) is 5.76 Å². The standard InChI is InChI=1S/C19H25N3O2/c1-14-17(15(2)24-20-14)11-21-12-18-19(13-21)23-9-8-22(18)10-16-6-4-3-5-7-16/h3-7,18-19H,8-13H2,1-2H3/t18-,19-/m0/s1. The zero-order valence-corrected chi connectivity index (χ0v) is 14.4. The molecule has 0 bridgehead atoms. The van der Waals surface area contributed by atoms with E-state index in [4.69, 9.17) is 9.26 Å². The predicted molar refractivity (Wildman–Crippen MR) is 91.6 cm³/mol. The Bertz CT molecular complexity index is 666. The smallest absolute Gasteiger partial charge is 0.138 e. The lowest BCUT2D eigenvalue weighted by molar-refractivity contribution is -0.0504. The highest BCUT2D eigenvalue weighted by molar-refractivity contribution is 5.21. The maximum atomic E-state index is 6.06. The number of hydrogen-bond acceptors (Lipinski definition) is 5. The van der Waals surface area contributed by atoms with Crippen LogP contribution in [0.5, 0.6) is 0 Å². The van der Waals surface area contributed by atoms with E-state index in [0.717, 1.165) is 50.8 Å². The van der Waals surface area contributed by atoms with Gasteiger partial charge in [-0.3, -0.25) is 9.80 Å². The molecule has 2 aliphatic heterocycles. The second kappa shape index (κ2) is 6.67. The van der Waals surface area contributed by atoms with Gasteiger partial charge in [0, 0.05) is 38.3 Å². The first-order valence-electron chi connectivity index (χ1n) is 8.74. The highest BCUT2D eigenvalue weighted by Gasteiger charge is 2.40. The van der Waals surface area contributed by atoms with Gasteiger partial charge in [-0.25, -0.2) is 0 Å². The number of nitrogens with zero attached hydrogens (tertiary/aromatic N) is 3. The molecular formula is C19H25N3O2. The highest BCUT2D eigenvalue weighted by Crippen LogP contribution is 2.26. The van der Waals surface area contributed by atoms with Gasteiger partial charge in [-0.05, 0) is 19.4 Å². The molecule has 0 aliphatic carbocycles. The average Bonchev–Trinajstić information content (AvgIpc) is 3.15. The number of aromatic nitrogens is 1. The molecule has 0 N–H and O–H groups in total. The van der Waals surface area contributed by atoms with Gasteiger partial charge in [-0.15, -0.1) is 0 Å². The van der Waals surface area contributed by atoms with Crippen molar-refractivity contribution >= 4 is 0 Å². The van der Waals surface area contributed by atoms with E-state index in [1.54, 1.807) is 0 Å². The summed E-state index contributed by atoms with van der Waals surface area (Å²) in [4.78, 5) is 5.06. The van der Waals surface area contributed by atoms with Gasteiger partial charge in [0.25, 0.3) is 0 Å². The van der Waals surface area contributed by atoms with Crippen LogP contribution in [0.15, 0.2) is 34.9 Å². The maximum Gasteiger partial charge on any atom is 0.138 e. The van der Waals surface area contributed by atoms with E-state index in [9.17, 15) is 0 Å². The Morgan fingerprint density at radius 2 is 1.96 bits per heavy atom. The van der Waals surface area contributed by atoms with E-state index in [0.29, 0.717) is 12.1 Å². The Morgan fingerprint density at radius 3 is 2.71 bits per heavy atom. The van der Waals surface area contributed by atoms with Crippen molar-refractivity contribution < 1.29 is 9.26 Å². The van der Waals surface area contributed by atoms with E-state index in [1.165, 1.54) is 11.1 Å². The Hall–Kier alpha value is -1.69. The van der Waals surface area contributed by atoms with Crippen molar-refractivity contribution in [3.63, 3.8) is 0 Å². The molecule has 2 fully saturated rings. The molecule has 1 aromatic heterocycles. The van der Waals surface area contributed by atoms with Crippen LogP contribution in [0.25, 0.3) is 0 Å². The maximum absolute atomic E-state index is 6.06. The number of benzene rings is 1. The van der Waals surface area contributed by atoms with E-state index in [-0.39, 0.29) is 0 Å². The largest absolute Gasteiger partial charge is 0.374 e. The molecule has 0 amide bonds.